The second kappa shape index (κ2) is 6.86. The Morgan fingerprint density at radius 1 is 1.00 bits per heavy atom. The maximum atomic E-state index is 13.1. The average molecular weight is 440 g/mol. The number of sulfonamides is 1. The minimum atomic E-state index is -3.85. The molecule has 30 heavy (non-hydrogen) atoms. The van der Waals surface area contributed by atoms with Crippen molar-refractivity contribution in [2.75, 3.05) is 4.72 Å². The van der Waals surface area contributed by atoms with Crippen LogP contribution in [0.1, 0.15) is 34.5 Å². The summed E-state index contributed by atoms with van der Waals surface area (Å²) in [7, 11) is -3.85. The lowest BCUT2D eigenvalue weighted by Gasteiger charge is -2.13. The fraction of sp³-hybridized carbons (Fsp3) is 0.174. The van der Waals surface area contributed by atoms with Crippen LogP contribution in [0.5, 0.6) is 0 Å². The van der Waals surface area contributed by atoms with Crippen LogP contribution in [0.4, 0.5) is 5.69 Å². The summed E-state index contributed by atoms with van der Waals surface area (Å²) in [5.74, 6) is 0.715. The molecular weight excluding hydrogens is 422 g/mol. The number of ketones is 1. The van der Waals surface area contributed by atoms with E-state index in [1.54, 1.807) is 19.1 Å². The standard InChI is InChI=1S/C23H18ClNO4S/c1-13-11-14(9-10-18(13)24)30(27,28)25-19-12-17-22-20(26)7-4-8-21(22)29-23(17)16-6-3-2-5-15(16)19/h2-3,5-6,9-12,25H,4,7-8H2,1H3. The van der Waals surface area contributed by atoms with E-state index in [0.29, 0.717) is 56.8 Å². The van der Waals surface area contributed by atoms with Crippen LogP contribution in [0.15, 0.2) is 57.8 Å². The molecule has 0 unspecified atom stereocenters. The van der Waals surface area contributed by atoms with E-state index in [1.807, 2.05) is 24.3 Å². The Balaban J connectivity index is 1.73. The lowest BCUT2D eigenvalue weighted by Crippen LogP contribution is -2.13. The monoisotopic (exact) mass is 439 g/mol. The van der Waals surface area contributed by atoms with E-state index in [9.17, 15) is 13.2 Å². The second-order valence-electron chi connectivity index (χ2n) is 7.54. The molecule has 1 aliphatic rings. The minimum Gasteiger partial charge on any atom is -0.460 e. The number of furan rings is 1. The van der Waals surface area contributed by atoms with E-state index in [1.165, 1.54) is 12.1 Å². The summed E-state index contributed by atoms with van der Waals surface area (Å²) in [4.78, 5) is 12.7. The fourth-order valence-electron chi connectivity index (χ4n) is 4.06. The maximum absolute atomic E-state index is 13.1. The first-order chi connectivity index (χ1) is 14.3. The minimum absolute atomic E-state index is 0.0346. The molecule has 1 aromatic heterocycles. The number of carbonyl (C=O) groups is 1. The van der Waals surface area contributed by atoms with E-state index in [0.717, 1.165) is 11.8 Å². The quantitative estimate of drug-likeness (QED) is 0.433. The van der Waals surface area contributed by atoms with Crippen LogP contribution in [0, 0.1) is 6.92 Å². The van der Waals surface area contributed by atoms with Gasteiger partial charge in [-0.3, -0.25) is 9.52 Å². The molecule has 1 heterocycles. The van der Waals surface area contributed by atoms with Crippen LogP contribution < -0.4 is 4.72 Å². The molecule has 0 bridgehead atoms. The SMILES string of the molecule is Cc1cc(S(=O)(=O)Nc2cc3c4c(oc3c3ccccc23)CCCC4=O)ccc1Cl. The molecular formula is C23H18ClNO4S. The number of Topliss-reactive ketones (excluding diaryl/α,β-unsaturated/α-hetero) is 1. The Hall–Kier alpha value is -2.83. The Morgan fingerprint density at radius 3 is 2.53 bits per heavy atom. The molecule has 3 aromatic carbocycles. The smallest absolute Gasteiger partial charge is 0.261 e. The van der Waals surface area contributed by atoms with Gasteiger partial charge in [-0.2, -0.15) is 0 Å². The van der Waals surface area contributed by atoms with Crippen LogP contribution in [0.3, 0.4) is 0 Å². The van der Waals surface area contributed by atoms with E-state index >= 15 is 0 Å². The number of fused-ring (bicyclic) bond motifs is 5. The molecule has 0 aliphatic heterocycles. The van der Waals surface area contributed by atoms with Crippen molar-refractivity contribution in [3.8, 4) is 0 Å². The highest BCUT2D eigenvalue weighted by Crippen LogP contribution is 2.40. The van der Waals surface area contributed by atoms with Crippen molar-refractivity contribution in [2.45, 2.75) is 31.1 Å². The van der Waals surface area contributed by atoms with Crippen molar-refractivity contribution >= 4 is 54.8 Å². The largest absolute Gasteiger partial charge is 0.460 e. The Kier molecular flexibility index (Phi) is 4.38. The summed E-state index contributed by atoms with van der Waals surface area (Å²) in [5, 5.41) is 2.63. The number of hydrogen-bond acceptors (Lipinski definition) is 4. The van der Waals surface area contributed by atoms with E-state index in [2.05, 4.69) is 4.72 Å². The topological polar surface area (TPSA) is 76.4 Å². The van der Waals surface area contributed by atoms with Crippen LogP contribution in [0.25, 0.3) is 21.7 Å². The summed E-state index contributed by atoms with van der Waals surface area (Å²) >= 11 is 6.05. The average Bonchev–Trinajstić information content (AvgIpc) is 3.10. The van der Waals surface area contributed by atoms with Crippen LogP contribution >= 0.6 is 11.6 Å². The highest BCUT2D eigenvalue weighted by molar-refractivity contribution is 7.92. The number of hydrogen-bond donors (Lipinski definition) is 1. The van der Waals surface area contributed by atoms with Crippen molar-refractivity contribution < 1.29 is 17.6 Å². The molecule has 0 saturated carbocycles. The predicted molar refractivity (Wildman–Crippen MR) is 118 cm³/mol. The molecule has 0 amide bonds. The first-order valence-corrected chi connectivity index (χ1v) is 11.5. The Labute approximate surface area is 178 Å². The van der Waals surface area contributed by atoms with Gasteiger partial charge in [0.15, 0.2) is 5.78 Å². The van der Waals surface area contributed by atoms with E-state index in [-0.39, 0.29) is 10.7 Å². The lowest BCUT2D eigenvalue weighted by atomic mass is 9.93. The van der Waals surface area contributed by atoms with Gasteiger partial charge in [-0.1, -0.05) is 35.9 Å². The third-order valence-corrected chi connectivity index (χ3v) is 7.33. The highest BCUT2D eigenvalue weighted by Gasteiger charge is 2.27. The normalized spacial score (nSPS) is 14.3. The van der Waals surface area contributed by atoms with E-state index in [4.69, 9.17) is 16.0 Å². The number of halogens is 1. The molecule has 1 N–H and O–H groups in total. The van der Waals surface area contributed by atoms with Crippen LogP contribution in [-0.2, 0) is 16.4 Å². The Bertz CT molecular complexity index is 1450. The molecule has 7 heteroatoms. The van der Waals surface area contributed by atoms with Crippen LogP contribution in [-0.4, -0.2) is 14.2 Å². The van der Waals surface area contributed by atoms with Gasteiger partial charge in [-0.25, -0.2) is 8.42 Å². The number of anilines is 1. The third-order valence-electron chi connectivity index (χ3n) is 5.54. The number of nitrogens with one attached hydrogen (secondary N) is 1. The summed E-state index contributed by atoms with van der Waals surface area (Å²) in [6.07, 6.45) is 1.94. The van der Waals surface area contributed by atoms with Gasteiger partial charge in [-0.15, -0.1) is 0 Å². The third kappa shape index (κ3) is 2.99. The van der Waals surface area contributed by atoms with Crippen molar-refractivity contribution in [3.63, 3.8) is 0 Å². The predicted octanol–water partition coefficient (Wildman–Crippen LogP) is 5.87. The maximum Gasteiger partial charge on any atom is 0.261 e. The van der Waals surface area contributed by atoms with Crippen molar-refractivity contribution in [2.24, 2.45) is 0 Å². The van der Waals surface area contributed by atoms with Gasteiger partial charge in [0.1, 0.15) is 11.3 Å². The fourth-order valence-corrected chi connectivity index (χ4v) is 5.33. The number of benzene rings is 3. The lowest BCUT2D eigenvalue weighted by molar-refractivity contribution is 0.0971. The van der Waals surface area contributed by atoms with E-state index < -0.39 is 10.0 Å². The molecule has 0 fully saturated rings. The molecule has 5 nitrogen and oxygen atoms in total. The first-order valence-electron chi connectivity index (χ1n) is 9.64. The van der Waals surface area contributed by atoms with Gasteiger partial charge in [0.25, 0.3) is 10.0 Å². The summed E-state index contributed by atoms with van der Waals surface area (Å²) < 4.78 is 34.9. The molecule has 152 valence electrons. The molecule has 0 saturated heterocycles. The zero-order valence-corrected chi connectivity index (χ0v) is 17.7. The molecule has 1 aliphatic carbocycles. The first kappa shape index (κ1) is 19.2. The van der Waals surface area contributed by atoms with Gasteiger partial charge in [0, 0.05) is 34.0 Å². The number of rotatable bonds is 3. The summed E-state index contributed by atoms with van der Waals surface area (Å²) in [6.45, 7) is 1.76. The van der Waals surface area contributed by atoms with Gasteiger partial charge < -0.3 is 4.42 Å². The summed E-state index contributed by atoms with van der Waals surface area (Å²) in [5.41, 5.74) is 2.28. The molecule has 0 spiro atoms. The zero-order valence-electron chi connectivity index (χ0n) is 16.2. The molecule has 0 atom stereocenters. The van der Waals surface area contributed by atoms with Crippen molar-refractivity contribution in [3.05, 3.63) is 70.4 Å². The Morgan fingerprint density at radius 2 is 1.77 bits per heavy atom. The number of aryl methyl sites for hydroxylation is 2. The van der Waals surface area contributed by atoms with Crippen molar-refractivity contribution in [1.29, 1.82) is 0 Å². The molecule has 4 aromatic rings. The van der Waals surface area contributed by atoms with Crippen molar-refractivity contribution in [1.82, 2.24) is 0 Å². The van der Waals surface area contributed by atoms with Gasteiger partial charge >= 0.3 is 0 Å². The van der Waals surface area contributed by atoms with Gasteiger partial charge in [0.05, 0.1) is 16.1 Å². The number of carbonyl (C=O) groups excluding carboxylic acids is 1. The van der Waals surface area contributed by atoms with Crippen LogP contribution in [0.2, 0.25) is 5.02 Å². The zero-order chi connectivity index (χ0) is 21.0. The second-order valence-corrected chi connectivity index (χ2v) is 9.63. The van der Waals surface area contributed by atoms with Gasteiger partial charge in [0.2, 0.25) is 0 Å². The molecule has 0 radical (unpaired) electrons. The molecule has 5 rings (SSSR count). The highest BCUT2D eigenvalue weighted by atomic mass is 35.5. The van der Waals surface area contributed by atoms with Gasteiger partial charge in [-0.05, 0) is 43.2 Å². The summed E-state index contributed by atoms with van der Waals surface area (Å²) in [6, 6.07) is 13.7.